The molecule has 16 heteroatoms. The Morgan fingerprint density at radius 2 is 0.447 bits per heavy atom. The molecule has 4 aromatic heterocycles. The van der Waals surface area contributed by atoms with Crippen molar-refractivity contribution >= 4 is 110 Å². The van der Waals surface area contributed by atoms with Crippen LogP contribution < -0.4 is 0 Å². The molecule has 0 amide bonds. The quantitative estimate of drug-likeness (QED) is 0.101. The summed E-state index contributed by atoms with van der Waals surface area (Å²) >= 11 is 0. The van der Waals surface area contributed by atoms with Gasteiger partial charge < -0.3 is 18.3 Å². The van der Waals surface area contributed by atoms with Gasteiger partial charge in [0, 0.05) is 55.2 Å². The van der Waals surface area contributed by atoms with Crippen molar-refractivity contribution in [2.75, 3.05) is 0 Å². The minimum absolute atomic E-state index is 0.141. The van der Waals surface area contributed by atoms with Crippen molar-refractivity contribution in [3.05, 3.63) is 247 Å². The topological polar surface area (TPSA) is 192 Å². The number of benzene rings is 10. The number of fused-ring (bicyclic) bond motifs is 12. The molecule has 4 heterocycles. The summed E-state index contributed by atoms with van der Waals surface area (Å²) in [5.41, 5.74) is 5.82. The first-order valence-corrected chi connectivity index (χ1v) is 24.0. The second-order valence-corrected chi connectivity index (χ2v) is 18.6. The monoisotopic (exact) mass is 994 g/mol. The van der Waals surface area contributed by atoms with Crippen molar-refractivity contribution in [3.63, 3.8) is 0 Å². The standard InChI is InChI=1S/C60H34N8O8/c69-65(70)57-33-59(67(73)74)55(31-53(57)61-45-19-7-1-13-37(45)38-14-2-8-20-46(38)61)63-49-23-11-5-17-41(49)43-29-35(25-27-51(43)63)36-26-28-52-44(30-36)42-18-6-12-24-50(42)64(52)56-32-54(58(66(71)72)34-60(56)68(75)76)62-47-21-9-3-15-39(47)40-16-4-10-22-48(40)62/h1-34H. The van der Waals surface area contributed by atoms with Crippen LogP contribution in [0.4, 0.5) is 22.7 Å². The van der Waals surface area contributed by atoms with E-state index in [0.717, 1.165) is 66.3 Å². The molecule has 0 unspecified atom stereocenters. The summed E-state index contributed by atoms with van der Waals surface area (Å²) in [5.74, 6) is 0. The molecule has 0 N–H and O–H groups in total. The van der Waals surface area contributed by atoms with E-state index in [1.54, 1.807) is 30.4 Å². The third-order valence-electron chi connectivity index (χ3n) is 14.7. The molecular formula is C60H34N8O8. The third kappa shape index (κ3) is 6.24. The van der Waals surface area contributed by atoms with Crippen molar-refractivity contribution in [2.24, 2.45) is 0 Å². The molecule has 14 aromatic rings. The van der Waals surface area contributed by atoms with E-state index in [4.69, 9.17) is 0 Å². The van der Waals surface area contributed by atoms with Crippen molar-refractivity contribution in [1.29, 1.82) is 0 Å². The van der Waals surface area contributed by atoms with Gasteiger partial charge in [0.05, 0.1) is 76.0 Å². The number of rotatable bonds is 9. The molecule has 16 nitrogen and oxygen atoms in total. The lowest BCUT2D eigenvalue weighted by atomic mass is 10.0. The Kier molecular flexibility index (Phi) is 9.36. The van der Waals surface area contributed by atoms with Gasteiger partial charge in [-0.15, -0.1) is 0 Å². The van der Waals surface area contributed by atoms with Crippen LogP contribution in [0.3, 0.4) is 0 Å². The molecule has 0 saturated carbocycles. The predicted molar refractivity (Wildman–Crippen MR) is 296 cm³/mol. The van der Waals surface area contributed by atoms with Crippen LogP contribution in [-0.4, -0.2) is 38.0 Å². The van der Waals surface area contributed by atoms with Crippen LogP contribution >= 0.6 is 0 Å². The van der Waals surface area contributed by atoms with Crippen LogP contribution in [0.15, 0.2) is 206 Å². The largest absolute Gasteiger partial charge is 0.303 e. The second kappa shape index (κ2) is 16.3. The molecular weight excluding hydrogens is 961 g/mol. The fourth-order valence-corrected chi connectivity index (χ4v) is 11.6. The van der Waals surface area contributed by atoms with Gasteiger partial charge in [0.25, 0.3) is 22.7 Å². The molecule has 0 aliphatic carbocycles. The maximum Gasteiger partial charge on any atom is 0.300 e. The average molecular weight is 995 g/mol. The zero-order valence-corrected chi connectivity index (χ0v) is 39.5. The van der Waals surface area contributed by atoms with Crippen LogP contribution in [-0.2, 0) is 0 Å². The summed E-state index contributed by atoms with van der Waals surface area (Å²) in [7, 11) is 0. The molecule has 0 spiro atoms. The molecule has 0 fully saturated rings. The van der Waals surface area contributed by atoms with E-state index in [-0.39, 0.29) is 22.7 Å². The zero-order chi connectivity index (χ0) is 51.7. The van der Waals surface area contributed by atoms with Crippen LogP contribution in [0, 0.1) is 40.5 Å². The Bertz CT molecular complexity index is 4510. The molecule has 0 atom stereocenters. The molecule has 0 aliphatic heterocycles. The number of nitro groups is 4. The molecule has 76 heavy (non-hydrogen) atoms. The Labute approximate surface area is 426 Å². The van der Waals surface area contributed by atoms with Crippen molar-refractivity contribution in [2.45, 2.75) is 0 Å². The molecule has 0 aliphatic rings. The van der Waals surface area contributed by atoms with Crippen LogP contribution in [0.2, 0.25) is 0 Å². The summed E-state index contributed by atoms with van der Waals surface area (Å²) in [6, 6.07) is 62.2. The number of nitrogens with zero attached hydrogens (tertiary/aromatic N) is 8. The number of para-hydroxylation sites is 6. The highest BCUT2D eigenvalue weighted by atomic mass is 16.6. The van der Waals surface area contributed by atoms with Gasteiger partial charge in [0.15, 0.2) is 0 Å². The van der Waals surface area contributed by atoms with Crippen LogP contribution in [0.5, 0.6) is 0 Å². The first-order chi connectivity index (χ1) is 37.0. The summed E-state index contributed by atoms with van der Waals surface area (Å²) < 4.78 is 7.16. The number of aromatic nitrogens is 4. The van der Waals surface area contributed by atoms with Gasteiger partial charge in [0.2, 0.25) is 0 Å². The fourth-order valence-electron chi connectivity index (χ4n) is 11.6. The Hall–Kier alpha value is -11.0. The Morgan fingerprint density at radius 3 is 0.684 bits per heavy atom. The van der Waals surface area contributed by atoms with E-state index in [9.17, 15) is 40.5 Å². The lowest BCUT2D eigenvalue weighted by Gasteiger charge is -2.14. The summed E-state index contributed by atoms with van der Waals surface area (Å²) in [6.45, 7) is 0. The minimum Gasteiger partial charge on any atom is -0.303 e. The van der Waals surface area contributed by atoms with Crippen molar-refractivity contribution in [3.8, 4) is 33.9 Å². The van der Waals surface area contributed by atoms with Gasteiger partial charge in [-0.1, -0.05) is 121 Å². The van der Waals surface area contributed by atoms with E-state index in [0.29, 0.717) is 44.1 Å². The van der Waals surface area contributed by atoms with Gasteiger partial charge in [-0.05, 0) is 71.8 Å². The second-order valence-electron chi connectivity index (χ2n) is 18.6. The minimum atomic E-state index is -0.588. The highest BCUT2D eigenvalue weighted by Crippen LogP contribution is 2.46. The van der Waals surface area contributed by atoms with Gasteiger partial charge in [-0.25, -0.2) is 0 Å². The lowest BCUT2D eigenvalue weighted by molar-refractivity contribution is -0.394. The normalized spacial score (nSPS) is 11.8. The number of hydrogen-bond donors (Lipinski definition) is 0. The molecule has 14 rings (SSSR count). The highest BCUT2D eigenvalue weighted by molar-refractivity contribution is 6.14. The summed E-state index contributed by atoms with van der Waals surface area (Å²) in [4.78, 5) is 49.6. The van der Waals surface area contributed by atoms with Crippen LogP contribution in [0.25, 0.3) is 121 Å². The average Bonchev–Trinajstić information content (AvgIpc) is 4.25. The molecule has 0 saturated heterocycles. The number of hydrogen-bond acceptors (Lipinski definition) is 8. The SMILES string of the molecule is O=[N+]([O-])c1cc([N+](=O)[O-])c(-n2c3ccccc3c3cc(-c4ccc5c(c4)c4ccccc4n5-c4cc(-n5c6ccccc6c6ccccc65)c([N+](=O)[O-])cc4[N+](=O)[O-])ccc32)cc1-n1c2ccccc2c2ccccc21. The molecule has 0 bridgehead atoms. The number of nitro benzene ring substituents is 4. The molecule has 0 radical (unpaired) electrons. The van der Waals surface area contributed by atoms with E-state index < -0.39 is 42.4 Å². The van der Waals surface area contributed by atoms with Crippen molar-refractivity contribution < 1.29 is 19.7 Å². The summed E-state index contributed by atoms with van der Waals surface area (Å²) in [5, 5.41) is 58.6. The predicted octanol–water partition coefficient (Wildman–Crippen LogP) is 15.4. The summed E-state index contributed by atoms with van der Waals surface area (Å²) in [6.07, 6.45) is 0. The van der Waals surface area contributed by atoms with Crippen molar-refractivity contribution in [1.82, 2.24) is 18.3 Å². The van der Waals surface area contributed by atoms with E-state index in [2.05, 4.69) is 0 Å². The first-order valence-electron chi connectivity index (χ1n) is 24.0. The van der Waals surface area contributed by atoms with Gasteiger partial charge in [-0.2, -0.15) is 0 Å². The third-order valence-corrected chi connectivity index (χ3v) is 14.7. The smallest absolute Gasteiger partial charge is 0.300 e. The zero-order valence-electron chi connectivity index (χ0n) is 39.5. The Balaban J connectivity index is 0.968. The first kappa shape index (κ1) is 43.8. The fraction of sp³-hybridized carbons (Fsp3) is 0. The molecule has 10 aromatic carbocycles. The van der Waals surface area contributed by atoms with Gasteiger partial charge in [0.1, 0.15) is 22.7 Å². The van der Waals surface area contributed by atoms with E-state index in [1.807, 2.05) is 182 Å². The lowest BCUT2D eigenvalue weighted by Crippen LogP contribution is -2.06. The van der Waals surface area contributed by atoms with Crippen LogP contribution in [0.1, 0.15) is 0 Å². The maximum absolute atomic E-state index is 13.1. The molecule has 362 valence electrons. The van der Waals surface area contributed by atoms with E-state index in [1.165, 1.54) is 0 Å². The van der Waals surface area contributed by atoms with Gasteiger partial charge in [-0.3, -0.25) is 40.5 Å². The van der Waals surface area contributed by atoms with Gasteiger partial charge >= 0.3 is 0 Å². The van der Waals surface area contributed by atoms with E-state index >= 15 is 0 Å². The highest BCUT2D eigenvalue weighted by Gasteiger charge is 2.32. The Morgan fingerprint density at radius 1 is 0.237 bits per heavy atom. The maximum atomic E-state index is 13.1.